The summed E-state index contributed by atoms with van der Waals surface area (Å²) in [4.78, 5) is 24.4. The molecule has 3 N–H and O–H groups in total. The van der Waals surface area contributed by atoms with Crippen molar-refractivity contribution in [3.8, 4) is 17.3 Å². The Morgan fingerprint density at radius 1 is 1.41 bits per heavy atom. The number of nitrogens with two attached hydrogens (primary N) is 1. The molecule has 0 aliphatic heterocycles. The number of hydrogen-bond donors (Lipinski definition) is 2. The minimum Gasteiger partial charge on any atom is -0.383 e. The van der Waals surface area contributed by atoms with Gasteiger partial charge in [-0.3, -0.25) is 9.78 Å². The number of amides is 1. The largest absolute Gasteiger partial charge is 0.383 e. The van der Waals surface area contributed by atoms with Gasteiger partial charge < -0.3 is 11.1 Å². The van der Waals surface area contributed by atoms with Gasteiger partial charge in [-0.25, -0.2) is 14.4 Å². The molecule has 3 aromatic heterocycles. The smallest absolute Gasteiger partial charge is 0.230 e. The van der Waals surface area contributed by atoms with Crippen LogP contribution in [-0.2, 0) is 4.79 Å². The van der Waals surface area contributed by atoms with Gasteiger partial charge in [-0.05, 0) is 31.0 Å². The number of pyridine rings is 3. The van der Waals surface area contributed by atoms with Crippen molar-refractivity contribution >= 4 is 28.3 Å². The number of carbonyl (C=O) groups excluding carboxylic acids is 1. The number of nitrogens with zero attached hydrogens (tertiary/aromatic N) is 4. The van der Waals surface area contributed by atoms with Crippen LogP contribution >= 0.6 is 0 Å². The van der Waals surface area contributed by atoms with Crippen molar-refractivity contribution in [1.29, 1.82) is 5.26 Å². The van der Waals surface area contributed by atoms with Crippen LogP contribution in [0.25, 0.3) is 22.0 Å². The number of aryl methyl sites for hydroxylation is 1. The summed E-state index contributed by atoms with van der Waals surface area (Å²) in [5, 5.41) is 12.0. The molecule has 3 aromatic rings. The van der Waals surface area contributed by atoms with E-state index in [2.05, 4.69) is 26.3 Å². The molecule has 0 saturated heterocycles. The van der Waals surface area contributed by atoms with Crippen molar-refractivity contribution in [2.75, 3.05) is 11.1 Å². The summed E-state index contributed by atoms with van der Waals surface area (Å²) in [6, 6.07) is 5.25. The fourth-order valence-corrected chi connectivity index (χ4v) is 3.00. The van der Waals surface area contributed by atoms with Crippen LogP contribution in [-0.4, -0.2) is 20.9 Å². The van der Waals surface area contributed by atoms with E-state index in [1.54, 1.807) is 12.3 Å². The summed E-state index contributed by atoms with van der Waals surface area (Å²) in [6.45, 7) is 1.83. The predicted octanol–water partition coefficient (Wildman–Crippen LogP) is 2.82. The van der Waals surface area contributed by atoms with Gasteiger partial charge in [-0.15, -0.1) is 0 Å². The minimum absolute atomic E-state index is 0.0980. The number of nitriles is 1. The van der Waals surface area contributed by atoms with E-state index in [9.17, 15) is 4.79 Å². The van der Waals surface area contributed by atoms with Gasteiger partial charge >= 0.3 is 0 Å². The standard InChI is InChI=1S/C19H15FN6O/c1-9-2-3-23-7-13(9)17-16(20)12-5-15(24-8-14(12)18(22)26-17)25-19(27)11-4-10(11)6-21/h2-3,5,7-8,10-11H,4H2,1H3,(H2,22,26)(H,24,25,27)/t10-,11+/m0/s1. The van der Waals surface area contributed by atoms with Crippen LogP contribution in [0.4, 0.5) is 16.0 Å². The monoisotopic (exact) mass is 362 g/mol. The molecule has 1 aliphatic rings. The van der Waals surface area contributed by atoms with Gasteiger partial charge in [0.1, 0.15) is 17.3 Å². The minimum atomic E-state index is -0.561. The second-order valence-corrected chi connectivity index (χ2v) is 6.53. The Morgan fingerprint density at radius 3 is 2.93 bits per heavy atom. The number of nitrogen functional groups attached to an aromatic ring is 1. The summed E-state index contributed by atoms with van der Waals surface area (Å²) >= 11 is 0. The van der Waals surface area contributed by atoms with Crippen molar-refractivity contribution in [2.24, 2.45) is 11.8 Å². The zero-order valence-corrected chi connectivity index (χ0v) is 14.4. The summed E-state index contributed by atoms with van der Waals surface area (Å²) in [5.41, 5.74) is 7.45. The number of rotatable bonds is 3. The lowest BCUT2D eigenvalue weighted by Crippen LogP contribution is -2.15. The molecular weight excluding hydrogens is 347 g/mol. The van der Waals surface area contributed by atoms with Crippen LogP contribution < -0.4 is 11.1 Å². The third-order valence-electron chi connectivity index (χ3n) is 4.70. The first-order valence-electron chi connectivity index (χ1n) is 8.35. The number of nitrogens with one attached hydrogen (secondary N) is 1. The average molecular weight is 362 g/mol. The molecule has 134 valence electrons. The fourth-order valence-electron chi connectivity index (χ4n) is 3.00. The Kier molecular flexibility index (Phi) is 3.92. The molecule has 1 saturated carbocycles. The molecule has 1 fully saturated rings. The van der Waals surface area contributed by atoms with E-state index in [1.807, 2.05) is 6.92 Å². The first-order valence-corrected chi connectivity index (χ1v) is 8.35. The molecule has 0 spiro atoms. The Morgan fingerprint density at radius 2 is 2.22 bits per heavy atom. The topological polar surface area (TPSA) is 118 Å². The highest BCUT2D eigenvalue weighted by molar-refractivity contribution is 5.99. The maximum absolute atomic E-state index is 15.2. The highest BCUT2D eigenvalue weighted by atomic mass is 19.1. The molecule has 0 radical (unpaired) electrons. The van der Waals surface area contributed by atoms with E-state index in [0.29, 0.717) is 17.4 Å². The Hall–Kier alpha value is -3.60. The normalized spacial score (nSPS) is 18.1. The number of anilines is 2. The molecule has 7 nitrogen and oxygen atoms in total. The van der Waals surface area contributed by atoms with Gasteiger partial charge in [-0.2, -0.15) is 5.26 Å². The van der Waals surface area contributed by atoms with Crippen LogP contribution in [0.1, 0.15) is 12.0 Å². The number of halogens is 1. The molecule has 8 heteroatoms. The molecule has 1 amide bonds. The Labute approximate surface area is 154 Å². The maximum atomic E-state index is 15.2. The van der Waals surface area contributed by atoms with E-state index in [-0.39, 0.29) is 40.5 Å². The Bertz CT molecular complexity index is 1120. The lowest BCUT2D eigenvalue weighted by Gasteiger charge is -2.11. The third kappa shape index (κ3) is 2.93. The van der Waals surface area contributed by atoms with Crippen molar-refractivity contribution < 1.29 is 9.18 Å². The second kappa shape index (κ2) is 6.29. The summed E-state index contributed by atoms with van der Waals surface area (Å²) in [6.07, 6.45) is 5.06. The van der Waals surface area contributed by atoms with Crippen LogP contribution in [0.3, 0.4) is 0 Å². The van der Waals surface area contributed by atoms with Crippen molar-refractivity contribution in [2.45, 2.75) is 13.3 Å². The number of fused-ring (bicyclic) bond motifs is 1. The van der Waals surface area contributed by atoms with Crippen LogP contribution in [0.15, 0.2) is 30.7 Å². The first kappa shape index (κ1) is 16.8. The molecule has 27 heavy (non-hydrogen) atoms. The lowest BCUT2D eigenvalue weighted by atomic mass is 10.0. The van der Waals surface area contributed by atoms with E-state index in [0.717, 1.165) is 5.56 Å². The van der Waals surface area contributed by atoms with Crippen LogP contribution in [0.2, 0.25) is 0 Å². The van der Waals surface area contributed by atoms with Gasteiger partial charge in [0.15, 0.2) is 5.82 Å². The van der Waals surface area contributed by atoms with Crippen molar-refractivity contribution in [1.82, 2.24) is 15.0 Å². The van der Waals surface area contributed by atoms with Gasteiger partial charge in [0.2, 0.25) is 5.91 Å². The van der Waals surface area contributed by atoms with E-state index in [1.165, 1.54) is 18.5 Å². The Balaban J connectivity index is 1.76. The number of carbonyl (C=O) groups is 1. The van der Waals surface area contributed by atoms with Gasteiger partial charge in [0, 0.05) is 34.9 Å². The average Bonchev–Trinajstić information content (AvgIpc) is 3.45. The molecule has 2 atom stereocenters. The molecule has 1 aliphatic carbocycles. The van der Waals surface area contributed by atoms with Crippen molar-refractivity contribution in [3.05, 3.63) is 42.1 Å². The summed E-state index contributed by atoms with van der Waals surface area (Å²) in [5.74, 6) is -1.11. The fraction of sp³-hybridized carbons (Fsp3) is 0.211. The van der Waals surface area contributed by atoms with Crippen molar-refractivity contribution in [3.63, 3.8) is 0 Å². The third-order valence-corrected chi connectivity index (χ3v) is 4.70. The van der Waals surface area contributed by atoms with E-state index < -0.39 is 5.82 Å². The molecule has 0 aromatic carbocycles. The zero-order chi connectivity index (χ0) is 19.1. The van der Waals surface area contributed by atoms with E-state index in [4.69, 9.17) is 11.0 Å². The lowest BCUT2D eigenvalue weighted by molar-refractivity contribution is -0.117. The molecule has 4 rings (SSSR count). The predicted molar refractivity (Wildman–Crippen MR) is 97.7 cm³/mol. The second-order valence-electron chi connectivity index (χ2n) is 6.53. The highest BCUT2D eigenvalue weighted by Crippen LogP contribution is 2.38. The molecule has 3 heterocycles. The maximum Gasteiger partial charge on any atom is 0.230 e. The first-order chi connectivity index (χ1) is 13.0. The molecule has 0 unspecified atom stereocenters. The molecular formula is C19H15FN6O. The number of hydrogen-bond acceptors (Lipinski definition) is 6. The summed E-state index contributed by atoms with van der Waals surface area (Å²) in [7, 11) is 0. The van der Waals surface area contributed by atoms with E-state index >= 15 is 4.39 Å². The van der Waals surface area contributed by atoms with Gasteiger partial charge in [0.05, 0.1) is 17.9 Å². The van der Waals surface area contributed by atoms with Crippen LogP contribution in [0.5, 0.6) is 0 Å². The van der Waals surface area contributed by atoms with Gasteiger partial charge in [0.25, 0.3) is 0 Å². The SMILES string of the molecule is Cc1ccncc1-c1nc(N)c2cnc(NC(=O)[C@@H]3C[C@H]3C#N)cc2c1F. The number of aromatic nitrogens is 3. The highest BCUT2D eigenvalue weighted by Gasteiger charge is 2.43. The zero-order valence-electron chi connectivity index (χ0n) is 14.4. The summed E-state index contributed by atoms with van der Waals surface area (Å²) < 4.78 is 15.2. The molecule has 0 bridgehead atoms. The quantitative estimate of drug-likeness (QED) is 0.740. The van der Waals surface area contributed by atoms with Gasteiger partial charge in [-0.1, -0.05) is 0 Å². The van der Waals surface area contributed by atoms with Crippen LogP contribution in [0, 0.1) is 35.9 Å².